The van der Waals surface area contributed by atoms with Crippen molar-refractivity contribution in [3.63, 3.8) is 0 Å². The predicted molar refractivity (Wildman–Crippen MR) is 116 cm³/mol. The molecule has 2 atom stereocenters. The van der Waals surface area contributed by atoms with Crippen LogP contribution in [0.3, 0.4) is 0 Å². The number of benzene rings is 2. The van der Waals surface area contributed by atoms with Gasteiger partial charge >= 0.3 is 0 Å². The molecule has 0 radical (unpaired) electrons. The fourth-order valence-electron chi connectivity index (χ4n) is 3.91. The highest BCUT2D eigenvalue weighted by molar-refractivity contribution is 6.31. The van der Waals surface area contributed by atoms with Gasteiger partial charge in [0.15, 0.2) is 0 Å². The lowest BCUT2D eigenvalue weighted by atomic mass is 9.98. The van der Waals surface area contributed by atoms with Gasteiger partial charge in [0.25, 0.3) is 0 Å². The van der Waals surface area contributed by atoms with Crippen LogP contribution in [-0.2, 0) is 4.79 Å². The predicted octanol–water partition coefficient (Wildman–Crippen LogP) is 4.59. The molecule has 0 bridgehead atoms. The highest BCUT2D eigenvalue weighted by Gasteiger charge is 2.27. The van der Waals surface area contributed by atoms with Crippen molar-refractivity contribution in [2.75, 3.05) is 19.6 Å². The van der Waals surface area contributed by atoms with Gasteiger partial charge in [0, 0.05) is 17.1 Å². The van der Waals surface area contributed by atoms with E-state index in [1.807, 2.05) is 31.2 Å². The molecule has 1 aliphatic rings. The Morgan fingerprint density at radius 2 is 2.06 bits per heavy atom. The van der Waals surface area contributed by atoms with E-state index in [0.29, 0.717) is 35.4 Å². The molecule has 0 aliphatic carbocycles. The summed E-state index contributed by atoms with van der Waals surface area (Å²) in [6.45, 7) is 3.72. The van der Waals surface area contributed by atoms with Gasteiger partial charge in [0.05, 0.1) is 18.5 Å². The zero-order valence-corrected chi connectivity index (χ0v) is 18.0. The van der Waals surface area contributed by atoms with Gasteiger partial charge in [-0.25, -0.2) is 4.39 Å². The number of likely N-dealkylation sites (tertiary alicyclic amines) is 1. The summed E-state index contributed by atoms with van der Waals surface area (Å²) in [6.07, 6.45) is 1.85. The first kappa shape index (κ1) is 21.5. The van der Waals surface area contributed by atoms with E-state index in [9.17, 15) is 9.18 Å². The van der Waals surface area contributed by atoms with Crippen molar-refractivity contribution in [2.45, 2.75) is 31.7 Å². The van der Waals surface area contributed by atoms with Crippen molar-refractivity contribution >= 4 is 17.5 Å². The molecule has 3 aromatic rings. The maximum atomic E-state index is 13.1. The minimum atomic E-state index is -0.308. The molecule has 31 heavy (non-hydrogen) atoms. The van der Waals surface area contributed by atoms with Crippen molar-refractivity contribution < 1.29 is 13.7 Å². The van der Waals surface area contributed by atoms with E-state index in [2.05, 4.69) is 20.4 Å². The molecule has 0 spiro atoms. The van der Waals surface area contributed by atoms with Gasteiger partial charge in [-0.2, -0.15) is 4.98 Å². The van der Waals surface area contributed by atoms with Crippen LogP contribution in [0.1, 0.15) is 43.2 Å². The molecule has 1 aliphatic heterocycles. The molecule has 1 fully saturated rings. The maximum Gasteiger partial charge on any atom is 0.234 e. The standard InChI is InChI=1S/C23H24ClFN4O2/c1-15(19-6-2-3-7-20(19)24)26-21(30)14-29-12-4-5-17(13-29)23-27-22(28-31-23)16-8-10-18(25)11-9-16/h2-3,6-11,15,17H,4-5,12-14H2,1H3,(H,26,30)/t15-,17+/m1/s1. The van der Waals surface area contributed by atoms with E-state index in [-0.39, 0.29) is 23.7 Å². The Morgan fingerprint density at radius 1 is 1.29 bits per heavy atom. The van der Waals surface area contributed by atoms with Crippen LogP contribution in [0.4, 0.5) is 4.39 Å². The Kier molecular flexibility index (Phi) is 6.63. The Labute approximate surface area is 185 Å². The van der Waals surface area contributed by atoms with Crippen LogP contribution in [0.5, 0.6) is 0 Å². The van der Waals surface area contributed by atoms with Gasteiger partial charge in [0.1, 0.15) is 5.82 Å². The first-order valence-electron chi connectivity index (χ1n) is 10.4. The number of amides is 1. The number of rotatable bonds is 6. The smallest absolute Gasteiger partial charge is 0.234 e. The molecule has 162 valence electrons. The van der Waals surface area contributed by atoms with E-state index < -0.39 is 0 Å². The van der Waals surface area contributed by atoms with Crippen molar-refractivity contribution in [3.8, 4) is 11.4 Å². The summed E-state index contributed by atoms with van der Waals surface area (Å²) in [4.78, 5) is 19.2. The fraction of sp³-hybridized carbons (Fsp3) is 0.348. The van der Waals surface area contributed by atoms with Crippen LogP contribution in [-0.4, -0.2) is 40.6 Å². The summed E-state index contributed by atoms with van der Waals surface area (Å²) in [5, 5.41) is 7.70. The van der Waals surface area contributed by atoms with Crippen molar-refractivity contribution in [1.29, 1.82) is 0 Å². The Balaban J connectivity index is 1.35. The number of piperidine rings is 1. The largest absolute Gasteiger partial charge is 0.348 e. The molecule has 1 saturated heterocycles. The topological polar surface area (TPSA) is 71.3 Å². The molecule has 8 heteroatoms. The van der Waals surface area contributed by atoms with Gasteiger partial charge < -0.3 is 9.84 Å². The second kappa shape index (κ2) is 9.58. The van der Waals surface area contributed by atoms with Gasteiger partial charge in [-0.05, 0) is 62.2 Å². The number of carbonyl (C=O) groups is 1. The molecule has 2 heterocycles. The van der Waals surface area contributed by atoms with E-state index in [4.69, 9.17) is 16.1 Å². The van der Waals surface area contributed by atoms with Gasteiger partial charge in [-0.3, -0.25) is 9.69 Å². The van der Waals surface area contributed by atoms with Gasteiger partial charge in [-0.15, -0.1) is 0 Å². The van der Waals surface area contributed by atoms with Crippen LogP contribution >= 0.6 is 11.6 Å². The fourth-order valence-corrected chi connectivity index (χ4v) is 4.21. The molecular formula is C23H24ClFN4O2. The number of hydrogen-bond donors (Lipinski definition) is 1. The quantitative estimate of drug-likeness (QED) is 0.604. The van der Waals surface area contributed by atoms with Crippen LogP contribution in [0.2, 0.25) is 5.02 Å². The van der Waals surface area contributed by atoms with Crippen LogP contribution in [0.25, 0.3) is 11.4 Å². The molecule has 0 unspecified atom stereocenters. The summed E-state index contributed by atoms with van der Waals surface area (Å²) < 4.78 is 18.6. The third-order valence-electron chi connectivity index (χ3n) is 5.52. The molecule has 6 nitrogen and oxygen atoms in total. The molecular weight excluding hydrogens is 419 g/mol. The number of nitrogens with zero attached hydrogens (tertiary/aromatic N) is 3. The molecule has 4 rings (SSSR count). The maximum absolute atomic E-state index is 13.1. The molecule has 1 aromatic heterocycles. The lowest BCUT2D eigenvalue weighted by Crippen LogP contribution is -2.42. The summed E-state index contributed by atoms with van der Waals surface area (Å²) in [5.74, 6) is 0.694. The third kappa shape index (κ3) is 5.29. The number of halogens is 2. The number of nitrogens with one attached hydrogen (secondary N) is 1. The highest BCUT2D eigenvalue weighted by Crippen LogP contribution is 2.28. The molecule has 1 N–H and O–H groups in total. The van der Waals surface area contributed by atoms with Crippen molar-refractivity contribution in [2.24, 2.45) is 0 Å². The zero-order chi connectivity index (χ0) is 21.8. The van der Waals surface area contributed by atoms with Crippen molar-refractivity contribution in [3.05, 3.63) is 70.8 Å². The summed E-state index contributed by atoms with van der Waals surface area (Å²) in [6, 6.07) is 13.3. The number of aromatic nitrogens is 2. The number of carbonyl (C=O) groups excluding carboxylic acids is 1. The average Bonchev–Trinajstić information content (AvgIpc) is 3.25. The van der Waals surface area contributed by atoms with Crippen LogP contribution in [0, 0.1) is 5.82 Å². The molecule has 2 aromatic carbocycles. The average molecular weight is 443 g/mol. The zero-order valence-electron chi connectivity index (χ0n) is 17.2. The van der Waals surface area contributed by atoms with E-state index in [0.717, 1.165) is 24.9 Å². The first-order chi connectivity index (χ1) is 15.0. The molecule has 0 saturated carbocycles. The third-order valence-corrected chi connectivity index (χ3v) is 5.86. The van der Waals surface area contributed by atoms with Crippen LogP contribution in [0.15, 0.2) is 53.1 Å². The Bertz CT molecular complexity index is 1040. The second-order valence-electron chi connectivity index (χ2n) is 7.85. The summed E-state index contributed by atoms with van der Waals surface area (Å²) in [7, 11) is 0. The summed E-state index contributed by atoms with van der Waals surface area (Å²) in [5.41, 5.74) is 1.60. The Hall–Kier alpha value is -2.77. The molecule has 1 amide bonds. The van der Waals surface area contributed by atoms with Gasteiger partial charge in [-0.1, -0.05) is 35.0 Å². The lowest BCUT2D eigenvalue weighted by Gasteiger charge is -2.30. The minimum Gasteiger partial charge on any atom is -0.348 e. The van der Waals surface area contributed by atoms with Crippen LogP contribution < -0.4 is 5.32 Å². The van der Waals surface area contributed by atoms with E-state index in [1.165, 1.54) is 12.1 Å². The SMILES string of the molecule is C[C@@H](NC(=O)CN1CCC[C@H](c2nc(-c3ccc(F)cc3)no2)C1)c1ccccc1Cl. The van der Waals surface area contributed by atoms with E-state index >= 15 is 0 Å². The number of hydrogen-bond acceptors (Lipinski definition) is 5. The normalized spacial score (nSPS) is 18.0. The minimum absolute atomic E-state index is 0.0504. The van der Waals surface area contributed by atoms with E-state index in [1.54, 1.807) is 12.1 Å². The first-order valence-corrected chi connectivity index (χ1v) is 10.7. The second-order valence-corrected chi connectivity index (χ2v) is 8.26. The lowest BCUT2D eigenvalue weighted by molar-refractivity contribution is -0.123. The van der Waals surface area contributed by atoms with Gasteiger partial charge in [0.2, 0.25) is 17.6 Å². The summed E-state index contributed by atoms with van der Waals surface area (Å²) >= 11 is 6.23. The van der Waals surface area contributed by atoms with Crippen molar-refractivity contribution in [1.82, 2.24) is 20.4 Å². The highest BCUT2D eigenvalue weighted by atomic mass is 35.5. The Morgan fingerprint density at radius 3 is 2.84 bits per heavy atom. The monoisotopic (exact) mass is 442 g/mol.